The molecule has 2 heterocycles. The molecule has 8 heteroatoms. The van der Waals surface area contributed by atoms with Crippen molar-refractivity contribution in [3.63, 3.8) is 0 Å². The Kier molecular flexibility index (Phi) is 4.02. The highest BCUT2D eigenvalue weighted by molar-refractivity contribution is 6.35. The lowest BCUT2D eigenvalue weighted by Gasteiger charge is -2.08. The molecule has 0 saturated heterocycles. The fourth-order valence-corrected chi connectivity index (χ4v) is 3.13. The van der Waals surface area contributed by atoms with Gasteiger partial charge in [0.05, 0.1) is 10.7 Å². The molecule has 1 aliphatic carbocycles. The molecule has 1 fully saturated rings. The van der Waals surface area contributed by atoms with Gasteiger partial charge in [-0.15, -0.1) is 10.2 Å². The molecule has 1 aromatic carbocycles. The van der Waals surface area contributed by atoms with E-state index >= 15 is 0 Å². The summed E-state index contributed by atoms with van der Waals surface area (Å²) in [5.74, 6) is 3.17. The zero-order valence-electron chi connectivity index (χ0n) is 13.2. The third kappa shape index (κ3) is 3.03. The first-order valence-electron chi connectivity index (χ1n) is 7.86. The Hall–Kier alpha value is -1.92. The van der Waals surface area contributed by atoms with Gasteiger partial charge >= 0.3 is 0 Å². The zero-order chi connectivity index (χ0) is 16.7. The van der Waals surface area contributed by atoms with Crippen LogP contribution in [0.15, 0.2) is 24.5 Å². The van der Waals surface area contributed by atoms with Crippen molar-refractivity contribution in [2.24, 2.45) is 7.05 Å². The molecule has 0 unspecified atom stereocenters. The summed E-state index contributed by atoms with van der Waals surface area (Å²) in [7, 11) is 1.94. The summed E-state index contributed by atoms with van der Waals surface area (Å²) in [6, 6.07) is 5.42. The first-order chi connectivity index (χ1) is 11.6. The molecule has 124 valence electrons. The van der Waals surface area contributed by atoms with Gasteiger partial charge < -0.3 is 4.57 Å². The fourth-order valence-electron chi connectivity index (χ4n) is 2.64. The van der Waals surface area contributed by atoms with E-state index < -0.39 is 0 Å². The lowest BCUT2D eigenvalue weighted by Crippen LogP contribution is -2.07. The van der Waals surface area contributed by atoms with Gasteiger partial charge in [0, 0.05) is 30.8 Å². The molecule has 0 atom stereocenters. The predicted octanol–water partition coefficient (Wildman–Crippen LogP) is 3.37. The largest absolute Gasteiger partial charge is 0.321 e. The van der Waals surface area contributed by atoms with E-state index in [2.05, 4.69) is 10.2 Å². The first-order valence-corrected chi connectivity index (χ1v) is 8.61. The SMILES string of the molecule is Cn1cnnc1CCc1nc(C2CC2)nn1-c1ccc(Cl)cc1Cl. The Morgan fingerprint density at radius 2 is 1.96 bits per heavy atom. The molecule has 6 nitrogen and oxygen atoms in total. The molecule has 0 radical (unpaired) electrons. The van der Waals surface area contributed by atoms with Crippen LogP contribution in [0.25, 0.3) is 5.69 Å². The van der Waals surface area contributed by atoms with Crippen molar-refractivity contribution in [2.75, 3.05) is 0 Å². The molecule has 2 aromatic heterocycles. The number of nitrogens with zero attached hydrogens (tertiary/aromatic N) is 6. The van der Waals surface area contributed by atoms with Gasteiger partial charge in [-0.2, -0.15) is 5.10 Å². The number of benzene rings is 1. The normalized spacial score (nSPS) is 14.3. The van der Waals surface area contributed by atoms with Crippen LogP contribution in [0.3, 0.4) is 0 Å². The van der Waals surface area contributed by atoms with Crippen LogP contribution in [0, 0.1) is 0 Å². The minimum atomic E-state index is 0.478. The van der Waals surface area contributed by atoms with E-state index in [1.165, 1.54) is 0 Å². The number of rotatable bonds is 5. The van der Waals surface area contributed by atoms with Gasteiger partial charge in [0.2, 0.25) is 0 Å². The second-order valence-corrected chi connectivity index (χ2v) is 6.87. The minimum Gasteiger partial charge on any atom is -0.321 e. The lowest BCUT2D eigenvalue weighted by atomic mass is 10.2. The van der Waals surface area contributed by atoms with E-state index in [0.717, 1.165) is 42.4 Å². The van der Waals surface area contributed by atoms with Gasteiger partial charge in [0.1, 0.15) is 18.0 Å². The Morgan fingerprint density at radius 3 is 2.62 bits per heavy atom. The van der Waals surface area contributed by atoms with Crippen LogP contribution in [0.1, 0.15) is 36.2 Å². The van der Waals surface area contributed by atoms with Gasteiger partial charge in [-0.25, -0.2) is 9.67 Å². The third-order valence-corrected chi connectivity index (χ3v) is 4.69. The van der Waals surface area contributed by atoms with E-state index in [0.29, 0.717) is 22.4 Å². The highest BCUT2D eigenvalue weighted by atomic mass is 35.5. The van der Waals surface area contributed by atoms with E-state index in [9.17, 15) is 0 Å². The van der Waals surface area contributed by atoms with Crippen molar-refractivity contribution in [2.45, 2.75) is 31.6 Å². The minimum absolute atomic E-state index is 0.478. The average Bonchev–Trinajstić information content (AvgIpc) is 3.19. The topological polar surface area (TPSA) is 61.4 Å². The molecule has 4 rings (SSSR count). The molecule has 0 spiro atoms. The molecule has 24 heavy (non-hydrogen) atoms. The van der Waals surface area contributed by atoms with Crippen LogP contribution in [-0.4, -0.2) is 29.5 Å². The lowest BCUT2D eigenvalue weighted by molar-refractivity contribution is 0.717. The van der Waals surface area contributed by atoms with Crippen molar-refractivity contribution in [1.29, 1.82) is 0 Å². The van der Waals surface area contributed by atoms with Crippen LogP contribution in [-0.2, 0) is 19.9 Å². The Balaban J connectivity index is 1.68. The Morgan fingerprint density at radius 1 is 1.17 bits per heavy atom. The number of hydrogen-bond acceptors (Lipinski definition) is 4. The summed E-state index contributed by atoms with van der Waals surface area (Å²) in [6.45, 7) is 0. The molecule has 0 amide bonds. The molecular formula is C16H16Cl2N6. The molecule has 1 saturated carbocycles. The van der Waals surface area contributed by atoms with Crippen LogP contribution in [0.2, 0.25) is 10.0 Å². The van der Waals surface area contributed by atoms with Crippen LogP contribution < -0.4 is 0 Å². The van der Waals surface area contributed by atoms with Crippen LogP contribution in [0.4, 0.5) is 0 Å². The molecular weight excluding hydrogens is 347 g/mol. The van der Waals surface area contributed by atoms with Crippen LogP contribution in [0.5, 0.6) is 0 Å². The number of hydrogen-bond donors (Lipinski definition) is 0. The van der Waals surface area contributed by atoms with Gasteiger partial charge in [-0.3, -0.25) is 0 Å². The molecule has 0 bridgehead atoms. The smallest absolute Gasteiger partial charge is 0.154 e. The second kappa shape index (κ2) is 6.18. The number of aromatic nitrogens is 6. The van der Waals surface area contributed by atoms with Gasteiger partial charge in [-0.1, -0.05) is 23.2 Å². The summed E-state index contributed by atoms with van der Waals surface area (Å²) in [6.07, 6.45) is 5.46. The Labute approximate surface area is 149 Å². The van der Waals surface area contributed by atoms with Crippen molar-refractivity contribution < 1.29 is 0 Å². The monoisotopic (exact) mass is 362 g/mol. The van der Waals surface area contributed by atoms with E-state index in [1.807, 2.05) is 28.4 Å². The summed E-state index contributed by atoms with van der Waals surface area (Å²) in [5.41, 5.74) is 0.799. The summed E-state index contributed by atoms with van der Waals surface area (Å²) in [4.78, 5) is 4.74. The van der Waals surface area contributed by atoms with E-state index in [-0.39, 0.29) is 0 Å². The number of aryl methyl sites for hydroxylation is 3. The quantitative estimate of drug-likeness (QED) is 0.697. The van der Waals surface area contributed by atoms with Crippen molar-refractivity contribution in [3.8, 4) is 5.69 Å². The van der Waals surface area contributed by atoms with E-state index in [4.69, 9.17) is 33.3 Å². The summed E-state index contributed by atoms with van der Waals surface area (Å²) >= 11 is 12.4. The standard InChI is InChI=1S/C16H16Cl2N6/c1-23-9-19-21-15(23)7-6-14-20-16(10-2-3-10)22-24(14)13-5-4-11(17)8-12(13)18/h4-5,8-10H,2-3,6-7H2,1H3. The van der Waals surface area contributed by atoms with Gasteiger partial charge in [0.25, 0.3) is 0 Å². The summed E-state index contributed by atoms with van der Waals surface area (Å²) < 4.78 is 3.75. The van der Waals surface area contributed by atoms with Crippen LogP contribution >= 0.6 is 23.2 Å². The highest BCUT2D eigenvalue weighted by Gasteiger charge is 2.29. The highest BCUT2D eigenvalue weighted by Crippen LogP contribution is 2.38. The van der Waals surface area contributed by atoms with Gasteiger partial charge in [-0.05, 0) is 31.0 Å². The molecule has 0 N–H and O–H groups in total. The van der Waals surface area contributed by atoms with Crippen molar-refractivity contribution >= 4 is 23.2 Å². The number of halogens is 2. The maximum atomic E-state index is 6.37. The first kappa shape index (κ1) is 15.6. The van der Waals surface area contributed by atoms with Gasteiger partial charge in [0.15, 0.2) is 5.82 Å². The Bertz CT molecular complexity index is 881. The fraction of sp³-hybridized carbons (Fsp3) is 0.375. The average molecular weight is 363 g/mol. The van der Waals surface area contributed by atoms with Crippen molar-refractivity contribution in [3.05, 3.63) is 52.0 Å². The molecule has 1 aliphatic rings. The molecule has 3 aromatic rings. The van der Waals surface area contributed by atoms with Crippen molar-refractivity contribution in [1.82, 2.24) is 29.5 Å². The summed E-state index contributed by atoms with van der Waals surface area (Å²) in [5, 5.41) is 13.9. The maximum Gasteiger partial charge on any atom is 0.154 e. The predicted molar refractivity (Wildman–Crippen MR) is 91.8 cm³/mol. The second-order valence-electron chi connectivity index (χ2n) is 6.03. The third-order valence-electron chi connectivity index (χ3n) is 4.15. The van der Waals surface area contributed by atoms with E-state index in [1.54, 1.807) is 12.4 Å². The maximum absolute atomic E-state index is 6.37. The molecule has 0 aliphatic heterocycles. The zero-order valence-corrected chi connectivity index (χ0v) is 14.7.